The molecule has 0 radical (unpaired) electrons. The number of hydrogen-bond donors (Lipinski definition) is 2. The maximum Gasteiger partial charge on any atom is 0.253 e. The van der Waals surface area contributed by atoms with Crippen LogP contribution in [-0.2, 0) is 9.53 Å². The van der Waals surface area contributed by atoms with E-state index in [9.17, 15) is 9.59 Å². The highest BCUT2D eigenvalue weighted by Gasteiger charge is 2.24. The van der Waals surface area contributed by atoms with Crippen molar-refractivity contribution in [1.29, 1.82) is 0 Å². The molecule has 212 valence electrons. The van der Waals surface area contributed by atoms with Gasteiger partial charge in [0.15, 0.2) is 0 Å². The molecular weight excluding hydrogens is 494 g/mol. The third-order valence-corrected chi connectivity index (χ3v) is 7.37. The minimum absolute atomic E-state index is 0.0214. The maximum atomic E-state index is 13.4. The molecule has 2 heterocycles. The number of para-hydroxylation sites is 2. The van der Waals surface area contributed by atoms with Gasteiger partial charge >= 0.3 is 0 Å². The van der Waals surface area contributed by atoms with E-state index in [-0.39, 0.29) is 11.8 Å². The van der Waals surface area contributed by atoms with Crippen molar-refractivity contribution < 1.29 is 19.1 Å². The minimum Gasteiger partial charge on any atom is -0.495 e. The van der Waals surface area contributed by atoms with Crippen LogP contribution in [0.5, 0.6) is 5.75 Å². The van der Waals surface area contributed by atoms with Crippen molar-refractivity contribution in [3.8, 4) is 5.75 Å². The van der Waals surface area contributed by atoms with E-state index in [0.717, 1.165) is 95.4 Å². The highest BCUT2D eigenvalue weighted by atomic mass is 16.5. The van der Waals surface area contributed by atoms with Crippen LogP contribution in [0, 0.1) is 0 Å². The fourth-order valence-corrected chi connectivity index (χ4v) is 5.14. The molecule has 0 bridgehead atoms. The van der Waals surface area contributed by atoms with Crippen LogP contribution in [-0.4, -0.2) is 89.4 Å². The molecule has 2 fully saturated rings. The van der Waals surface area contributed by atoms with E-state index in [4.69, 9.17) is 9.47 Å². The van der Waals surface area contributed by atoms with Gasteiger partial charge in [-0.2, -0.15) is 0 Å². The summed E-state index contributed by atoms with van der Waals surface area (Å²) >= 11 is 0. The third-order valence-electron chi connectivity index (χ3n) is 7.37. The number of benzene rings is 2. The first-order valence-corrected chi connectivity index (χ1v) is 14.2. The average Bonchev–Trinajstić information content (AvgIpc) is 2.98. The van der Waals surface area contributed by atoms with Gasteiger partial charge in [0, 0.05) is 63.6 Å². The zero-order valence-corrected chi connectivity index (χ0v) is 23.4. The smallest absolute Gasteiger partial charge is 0.253 e. The molecule has 9 heteroatoms. The molecule has 2 amide bonds. The van der Waals surface area contributed by atoms with E-state index in [2.05, 4.69) is 38.3 Å². The lowest BCUT2D eigenvalue weighted by Gasteiger charge is -2.38. The Kier molecular flexibility index (Phi) is 10.9. The standard InChI is InChI=1S/C30H43N5O4/c1-3-4-10-29(36)32-24-11-12-26(25(23-24)30(37)31-13-7-14-33-19-21-39-22-20-33)34-15-17-35(18-16-34)27-8-5-6-9-28(27)38-2/h5-6,8-9,11-12,23H,3-4,7,10,13-22H2,1-2H3,(H,31,37)(H,32,36). The van der Waals surface area contributed by atoms with Gasteiger partial charge < -0.3 is 29.9 Å². The van der Waals surface area contributed by atoms with Crippen molar-refractivity contribution >= 4 is 28.9 Å². The molecular formula is C30H43N5O4. The summed E-state index contributed by atoms with van der Waals surface area (Å²) < 4.78 is 11.0. The number of nitrogens with zero attached hydrogens (tertiary/aromatic N) is 3. The van der Waals surface area contributed by atoms with Gasteiger partial charge in [-0.15, -0.1) is 0 Å². The Morgan fingerprint density at radius 3 is 2.36 bits per heavy atom. The molecule has 2 aromatic carbocycles. The minimum atomic E-state index is -0.108. The lowest BCUT2D eigenvalue weighted by molar-refractivity contribution is -0.116. The number of unbranched alkanes of at least 4 members (excludes halogenated alkanes) is 1. The largest absolute Gasteiger partial charge is 0.495 e. The second-order valence-corrected chi connectivity index (χ2v) is 10.1. The fourth-order valence-electron chi connectivity index (χ4n) is 5.14. The van der Waals surface area contributed by atoms with Crippen molar-refractivity contribution in [3.05, 3.63) is 48.0 Å². The predicted molar refractivity (Wildman–Crippen MR) is 156 cm³/mol. The van der Waals surface area contributed by atoms with E-state index in [1.165, 1.54) is 0 Å². The van der Waals surface area contributed by atoms with E-state index < -0.39 is 0 Å². The summed E-state index contributed by atoms with van der Waals surface area (Å²) in [5.74, 6) is 0.738. The summed E-state index contributed by atoms with van der Waals surface area (Å²) in [6.45, 7) is 10.2. The van der Waals surface area contributed by atoms with Crippen molar-refractivity contribution in [1.82, 2.24) is 10.2 Å². The SMILES string of the molecule is CCCCC(=O)Nc1ccc(N2CCN(c3ccccc3OC)CC2)c(C(=O)NCCCN2CCOCC2)c1. The van der Waals surface area contributed by atoms with Gasteiger partial charge in [0.1, 0.15) is 5.75 Å². The molecule has 2 aliphatic rings. The number of morpholine rings is 1. The summed E-state index contributed by atoms with van der Waals surface area (Å²) in [5.41, 5.74) is 3.24. The number of nitrogens with one attached hydrogen (secondary N) is 2. The lowest BCUT2D eigenvalue weighted by atomic mass is 10.1. The summed E-state index contributed by atoms with van der Waals surface area (Å²) in [6, 6.07) is 13.8. The molecule has 0 unspecified atom stereocenters. The summed E-state index contributed by atoms with van der Waals surface area (Å²) in [4.78, 5) is 32.8. The van der Waals surface area contributed by atoms with E-state index in [1.807, 2.05) is 36.4 Å². The van der Waals surface area contributed by atoms with Crippen LogP contribution in [0.2, 0.25) is 0 Å². The Balaban J connectivity index is 1.43. The molecule has 2 saturated heterocycles. The van der Waals surface area contributed by atoms with Crippen LogP contribution >= 0.6 is 0 Å². The number of rotatable bonds is 12. The molecule has 39 heavy (non-hydrogen) atoms. The Hall–Kier alpha value is -3.30. The van der Waals surface area contributed by atoms with Gasteiger partial charge in [-0.05, 0) is 49.7 Å². The number of anilines is 3. The summed E-state index contributed by atoms with van der Waals surface area (Å²) in [5, 5.41) is 6.09. The molecule has 2 aliphatic heterocycles. The molecule has 0 aromatic heterocycles. The van der Waals surface area contributed by atoms with E-state index in [1.54, 1.807) is 7.11 Å². The van der Waals surface area contributed by atoms with Gasteiger partial charge in [0.2, 0.25) is 5.91 Å². The summed E-state index contributed by atoms with van der Waals surface area (Å²) in [6.07, 6.45) is 3.17. The van der Waals surface area contributed by atoms with Crippen LogP contribution in [0.25, 0.3) is 0 Å². The van der Waals surface area contributed by atoms with Gasteiger partial charge in [-0.3, -0.25) is 14.5 Å². The normalized spacial score (nSPS) is 16.2. The number of ether oxygens (including phenoxy) is 2. The Labute approximate surface area is 232 Å². The highest BCUT2D eigenvalue weighted by Crippen LogP contribution is 2.31. The van der Waals surface area contributed by atoms with Gasteiger partial charge in [0.25, 0.3) is 5.91 Å². The van der Waals surface area contributed by atoms with Crippen LogP contribution < -0.4 is 25.2 Å². The molecule has 0 aliphatic carbocycles. The maximum absolute atomic E-state index is 13.4. The van der Waals surface area contributed by atoms with Crippen LogP contribution in [0.3, 0.4) is 0 Å². The Bertz CT molecular complexity index is 1080. The first kappa shape index (κ1) is 28.7. The fraction of sp³-hybridized carbons (Fsp3) is 0.533. The first-order chi connectivity index (χ1) is 19.1. The second-order valence-electron chi connectivity index (χ2n) is 10.1. The Morgan fingerprint density at radius 1 is 0.923 bits per heavy atom. The monoisotopic (exact) mass is 537 g/mol. The highest BCUT2D eigenvalue weighted by molar-refractivity contribution is 6.02. The van der Waals surface area contributed by atoms with E-state index in [0.29, 0.717) is 24.2 Å². The third kappa shape index (κ3) is 8.10. The number of piperazine rings is 1. The number of hydrogen-bond acceptors (Lipinski definition) is 7. The van der Waals surface area contributed by atoms with Crippen molar-refractivity contribution in [2.24, 2.45) is 0 Å². The molecule has 0 atom stereocenters. The zero-order valence-electron chi connectivity index (χ0n) is 23.4. The molecule has 4 rings (SSSR count). The first-order valence-electron chi connectivity index (χ1n) is 14.2. The van der Waals surface area contributed by atoms with Crippen LogP contribution in [0.15, 0.2) is 42.5 Å². The molecule has 2 aromatic rings. The quantitative estimate of drug-likeness (QED) is 0.400. The number of methoxy groups -OCH3 is 1. The van der Waals surface area contributed by atoms with Gasteiger partial charge in [-0.1, -0.05) is 25.5 Å². The van der Waals surface area contributed by atoms with Crippen molar-refractivity contribution in [3.63, 3.8) is 0 Å². The predicted octanol–water partition coefficient (Wildman–Crippen LogP) is 3.60. The topological polar surface area (TPSA) is 86.4 Å². The zero-order chi connectivity index (χ0) is 27.5. The second kappa shape index (κ2) is 14.7. The Morgan fingerprint density at radius 2 is 1.64 bits per heavy atom. The molecule has 9 nitrogen and oxygen atoms in total. The van der Waals surface area contributed by atoms with Crippen LogP contribution in [0.4, 0.5) is 17.1 Å². The number of carbonyl (C=O) groups excluding carboxylic acids is 2. The van der Waals surface area contributed by atoms with E-state index >= 15 is 0 Å². The van der Waals surface area contributed by atoms with Crippen molar-refractivity contribution in [2.45, 2.75) is 32.6 Å². The molecule has 2 N–H and O–H groups in total. The molecule has 0 spiro atoms. The average molecular weight is 538 g/mol. The number of amides is 2. The number of carbonyl (C=O) groups is 2. The van der Waals surface area contributed by atoms with Crippen LogP contribution in [0.1, 0.15) is 43.0 Å². The van der Waals surface area contributed by atoms with Gasteiger partial charge in [-0.25, -0.2) is 0 Å². The summed E-state index contributed by atoms with van der Waals surface area (Å²) in [7, 11) is 1.70. The molecule has 0 saturated carbocycles. The van der Waals surface area contributed by atoms with Gasteiger partial charge in [0.05, 0.1) is 31.6 Å². The lowest BCUT2D eigenvalue weighted by Crippen LogP contribution is -2.47. The van der Waals surface area contributed by atoms with Crippen molar-refractivity contribution in [2.75, 3.05) is 87.8 Å².